The van der Waals surface area contributed by atoms with Gasteiger partial charge in [-0.05, 0) is 19.1 Å². The minimum atomic E-state index is -0.472. The predicted octanol–water partition coefficient (Wildman–Crippen LogP) is 1.07. The number of ether oxygens (including phenoxy) is 1. The number of ketones is 1. The summed E-state index contributed by atoms with van der Waals surface area (Å²) in [7, 11) is 0. The third-order valence-electron chi connectivity index (χ3n) is 2.65. The molecule has 0 saturated heterocycles. The van der Waals surface area contributed by atoms with Crippen LogP contribution >= 0.6 is 0 Å². The Morgan fingerprint density at radius 1 is 1.50 bits per heavy atom. The second-order valence-corrected chi connectivity index (χ2v) is 3.84. The van der Waals surface area contributed by atoms with Gasteiger partial charge in [0, 0.05) is 6.42 Å². The van der Waals surface area contributed by atoms with E-state index in [-0.39, 0.29) is 5.78 Å². The fraction of sp³-hybridized carbons (Fsp3) is 0.333. The van der Waals surface area contributed by atoms with E-state index in [1.807, 2.05) is 13.0 Å². The van der Waals surface area contributed by atoms with Crippen molar-refractivity contribution in [3.63, 3.8) is 0 Å². The predicted molar refractivity (Wildman–Crippen MR) is 58.6 cm³/mol. The standard InChI is InChI=1S/C12H13NO3/c1-8-2-3-11-9(6-8)12(15)10(13-7-14)4-5-16-11/h2-3,6-7,10H,4-5H2,1H3,(H,13,14). The van der Waals surface area contributed by atoms with Gasteiger partial charge in [-0.25, -0.2) is 0 Å². The van der Waals surface area contributed by atoms with Crippen LogP contribution in [0, 0.1) is 6.92 Å². The zero-order valence-electron chi connectivity index (χ0n) is 9.03. The van der Waals surface area contributed by atoms with Gasteiger partial charge in [-0.15, -0.1) is 0 Å². The Morgan fingerprint density at radius 3 is 3.06 bits per heavy atom. The SMILES string of the molecule is Cc1ccc2c(c1)C(=O)C(NC=O)CCO2. The summed E-state index contributed by atoms with van der Waals surface area (Å²) in [6, 6.07) is 5.02. The fourth-order valence-corrected chi connectivity index (χ4v) is 1.81. The van der Waals surface area contributed by atoms with Crippen LogP contribution in [0.15, 0.2) is 18.2 Å². The van der Waals surface area contributed by atoms with E-state index >= 15 is 0 Å². The Kier molecular flexibility index (Phi) is 2.90. The minimum Gasteiger partial charge on any atom is -0.493 e. The summed E-state index contributed by atoms with van der Waals surface area (Å²) in [5.74, 6) is 0.522. The van der Waals surface area contributed by atoms with Gasteiger partial charge in [-0.2, -0.15) is 0 Å². The number of hydrogen-bond acceptors (Lipinski definition) is 3. The van der Waals surface area contributed by atoms with E-state index in [1.165, 1.54) is 0 Å². The van der Waals surface area contributed by atoms with Crippen molar-refractivity contribution < 1.29 is 14.3 Å². The Morgan fingerprint density at radius 2 is 2.31 bits per heavy atom. The van der Waals surface area contributed by atoms with Crippen molar-refractivity contribution in [3.8, 4) is 5.75 Å². The lowest BCUT2D eigenvalue weighted by Gasteiger charge is -2.10. The Labute approximate surface area is 93.6 Å². The van der Waals surface area contributed by atoms with Crippen molar-refractivity contribution in [3.05, 3.63) is 29.3 Å². The van der Waals surface area contributed by atoms with Crippen LogP contribution in [0.2, 0.25) is 0 Å². The largest absolute Gasteiger partial charge is 0.493 e. The summed E-state index contributed by atoms with van der Waals surface area (Å²) in [6.45, 7) is 2.36. The number of rotatable bonds is 2. The zero-order chi connectivity index (χ0) is 11.5. The van der Waals surface area contributed by atoms with E-state index in [9.17, 15) is 9.59 Å². The number of fused-ring (bicyclic) bond motifs is 1. The molecule has 1 aliphatic rings. The topological polar surface area (TPSA) is 55.4 Å². The van der Waals surface area contributed by atoms with Gasteiger partial charge in [0.25, 0.3) is 0 Å². The Bertz CT molecular complexity index is 428. The summed E-state index contributed by atoms with van der Waals surface area (Å²) in [5.41, 5.74) is 1.55. The first-order valence-electron chi connectivity index (χ1n) is 5.19. The van der Waals surface area contributed by atoms with Crippen LogP contribution in [0.4, 0.5) is 0 Å². The molecule has 1 atom stereocenters. The maximum Gasteiger partial charge on any atom is 0.207 e. The van der Waals surface area contributed by atoms with Crippen LogP contribution < -0.4 is 10.1 Å². The van der Waals surface area contributed by atoms with Crippen LogP contribution in [0.3, 0.4) is 0 Å². The molecule has 1 unspecified atom stereocenters. The quantitative estimate of drug-likeness (QED) is 0.757. The monoisotopic (exact) mass is 219 g/mol. The van der Waals surface area contributed by atoms with Gasteiger partial charge in [0.2, 0.25) is 6.41 Å². The maximum absolute atomic E-state index is 12.1. The molecule has 2 rings (SSSR count). The molecule has 0 bridgehead atoms. The summed E-state index contributed by atoms with van der Waals surface area (Å²) in [4.78, 5) is 22.5. The lowest BCUT2D eigenvalue weighted by atomic mass is 10.0. The first-order valence-corrected chi connectivity index (χ1v) is 5.19. The lowest BCUT2D eigenvalue weighted by molar-refractivity contribution is -0.110. The summed E-state index contributed by atoms with van der Waals surface area (Å²) < 4.78 is 5.47. The van der Waals surface area contributed by atoms with Gasteiger partial charge in [0.1, 0.15) is 5.75 Å². The normalized spacial score (nSPS) is 19.3. The highest BCUT2D eigenvalue weighted by molar-refractivity contribution is 6.03. The molecule has 1 aromatic rings. The number of hydrogen-bond donors (Lipinski definition) is 1. The average Bonchev–Trinajstić information content (AvgIpc) is 2.42. The molecular weight excluding hydrogens is 206 g/mol. The average molecular weight is 219 g/mol. The molecule has 1 N–H and O–H groups in total. The molecule has 1 aliphatic heterocycles. The van der Waals surface area contributed by atoms with Gasteiger partial charge >= 0.3 is 0 Å². The molecular formula is C12H13NO3. The second kappa shape index (κ2) is 4.35. The third kappa shape index (κ3) is 1.91. The molecule has 84 valence electrons. The van der Waals surface area contributed by atoms with Crippen molar-refractivity contribution >= 4 is 12.2 Å². The molecule has 0 radical (unpaired) electrons. The second-order valence-electron chi connectivity index (χ2n) is 3.84. The van der Waals surface area contributed by atoms with E-state index in [4.69, 9.17) is 4.74 Å². The van der Waals surface area contributed by atoms with E-state index in [2.05, 4.69) is 5.32 Å². The lowest BCUT2D eigenvalue weighted by Crippen LogP contribution is -2.35. The molecule has 0 aliphatic carbocycles. The number of nitrogens with one attached hydrogen (secondary N) is 1. The smallest absolute Gasteiger partial charge is 0.207 e. The van der Waals surface area contributed by atoms with Gasteiger partial charge < -0.3 is 10.1 Å². The number of Topliss-reactive ketones (excluding diaryl/α,β-unsaturated/α-hetero) is 1. The van der Waals surface area contributed by atoms with Gasteiger partial charge in [-0.1, -0.05) is 11.6 Å². The molecule has 1 aromatic carbocycles. The summed E-state index contributed by atoms with van der Waals surface area (Å²) in [5, 5.41) is 2.52. The molecule has 4 heteroatoms. The van der Waals surface area contributed by atoms with Crippen molar-refractivity contribution in [2.75, 3.05) is 6.61 Å². The third-order valence-corrected chi connectivity index (χ3v) is 2.65. The number of carbonyl (C=O) groups excluding carboxylic acids is 2. The Balaban J connectivity index is 2.39. The van der Waals surface area contributed by atoms with E-state index in [0.29, 0.717) is 30.8 Å². The van der Waals surface area contributed by atoms with Gasteiger partial charge in [-0.3, -0.25) is 9.59 Å². The summed E-state index contributed by atoms with van der Waals surface area (Å²) in [6.07, 6.45) is 1.06. The van der Waals surface area contributed by atoms with E-state index < -0.39 is 6.04 Å². The molecule has 16 heavy (non-hydrogen) atoms. The Hall–Kier alpha value is -1.84. The van der Waals surface area contributed by atoms with Crippen molar-refractivity contribution in [2.24, 2.45) is 0 Å². The molecule has 1 amide bonds. The van der Waals surface area contributed by atoms with Crippen molar-refractivity contribution in [2.45, 2.75) is 19.4 Å². The van der Waals surface area contributed by atoms with Crippen LogP contribution in [0.25, 0.3) is 0 Å². The van der Waals surface area contributed by atoms with E-state index in [0.717, 1.165) is 5.56 Å². The van der Waals surface area contributed by atoms with Crippen molar-refractivity contribution in [1.29, 1.82) is 0 Å². The van der Waals surface area contributed by atoms with Crippen molar-refractivity contribution in [1.82, 2.24) is 5.32 Å². The van der Waals surface area contributed by atoms with Crippen LogP contribution in [-0.4, -0.2) is 24.8 Å². The van der Waals surface area contributed by atoms with Gasteiger partial charge in [0.05, 0.1) is 18.2 Å². The maximum atomic E-state index is 12.1. The molecule has 0 saturated carbocycles. The first kappa shape index (κ1) is 10.7. The minimum absolute atomic E-state index is 0.0803. The highest BCUT2D eigenvalue weighted by Gasteiger charge is 2.25. The first-order chi connectivity index (χ1) is 7.72. The summed E-state index contributed by atoms with van der Waals surface area (Å²) >= 11 is 0. The van der Waals surface area contributed by atoms with Crippen LogP contribution in [-0.2, 0) is 4.79 Å². The highest BCUT2D eigenvalue weighted by atomic mass is 16.5. The van der Waals surface area contributed by atoms with Crippen LogP contribution in [0.1, 0.15) is 22.3 Å². The fourth-order valence-electron chi connectivity index (χ4n) is 1.81. The number of carbonyl (C=O) groups is 2. The molecule has 4 nitrogen and oxygen atoms in total. The number of aryl methyl sites for hydroxylation is 1. The van der Waals surface area contributed by atoms with Gasteiger partial charge in [0.15, 0.2) is 5.78 Å². The van der Waals surface area contributed by atoms with Crippen LogP contribution in [0.5, 0.6) is 5.75 Å². The molecule has 1 heterocycles. The number of benzene rings is 1. The molecule has 0 fully saturated rings. The number of amides is 1. The zero-order valence-corrected chi connectivity index (χ0v) is 9.03. The van der Waals surface area contributed by atoms with E-state index in [1.54, 1.807) is 12.1 Å². The highest BCUT2D eigenvalue weighted by Crippen LogP contribution is 2.25. The molecule has 0 spiro atoms. The molecule has 0 aromatic heterocycles.